The van der Waals surface area contributed by atoms with Crippen molar-refractivity contribution in [1.82, 2.24) is 9.88 Å². The monoisotopic (exact) mass is 264 g/mol. The first-order valence-electron chi connectivity index (χ1n) is 6.88. The van der Waals surface area contributed by atoms with E-state index in [9.17, 15) is 0 Å². The van der Waals surface area contributed by atoms with Crippen molar-refractivity contribution >= 4 is 11.8 Å². The zero-order valence-corrected chi connectivity index (χ0v) is 12.8. The molecule has 0 aromatic carbocycles. The van der Waals surface area contributed by atoms with Crippen molar-refractivity contribution in [3.63, 3.8) is 0 Å². The van der Waals surface area contributed by atoms with Gasteiger partial charge in [0.2, 0.25) is 0 Å². The molecule has 1 aromatic rings. The number of likely N-dealkylation sites (tertiary alicyclic amines) is 1. The maximum absolute atomic E-state index is 4.61. The molecule has 0 N–H and O–H groups in total. The molecule has 2 heterocycles. The van der Waals surface area contributed by atoms with Gasteiger partial charge in [0.25, 0.3) is 0 Å². The lowest BCUT2D eigenvalue weighted by molar-refractivity contribution is 0.271. The van der Waals surface area contributed by atoms with Gasteiger partial charge in [-0.05, 0) is 37.6 Å². The minimum atomic E-state index is 0.233. The number of thioether (sulfide) groups is 1. The van der Waals surface area contributed by atoms with Gasteiger partial charge in [-0.25, -0.2) is 4.98 Å². The van der Waals surface area contributed by atoms with Crippen LogP contribution in [0, 0.1) is 0 Å². The van der Waals surface area contributed by atoms with Crippen LogP contribution in [0.2, 0.25) is 0 Å². The molecule has 0 aliphatic carbocycles. The molecule has 1 unspecified atom stereocenters. The molecule has 1 saturated heterocycles. The molecule has 0 saturated carbocycles. The summed E-state index contributed by atoms with van der Waals surface area (Å²) in [6, 6.07) is 5.04. The molecule has 0 bridgehead atoms. The van der Waals surface area contributed by atoms with Crippen LogP contribution < -0.4 is 0 Å². The third-order valence-corrected chi connectivity index (χ3v) is 4.39. The van der Waals surface area contributed by atoms with Gasteiger partial charge in [0.15, 0.2) is 0 Å². The van der Waals surface area contributed by atoms with Gasteiger partial charge in [0.05, 0.1) is 5.03 Å². The molecule has 1 fully saturated rings. The van der Waals surface area contributed by atoms with Crippen molar-refractivity contribution in [3.05, 3.63) is 23.9 Å². The van der Waals surface area contributed by atoms with E-state index >= 15 is 0 Å². The number of hydrogen-bond acceptors (Lipinski definition) is 3. The van der Waals surface area contributed by atoms with Crippen molar-refractivity contribution in [2.24, 2.45) is 0 Å². The van der Waals surface area contributed by atoms with Crippen LogP contribution in [0.4, 0.5) is 0 Å². The Bertz CT molecular complexity index is 380. The zero-order chi connectivity index (χ0) is 13.2. The van der Waals surface area contributed by atoms with E-state index in [4.69, 9.17) is 0 Å². The van der Waals surface area contributed by atoms with E-state index in [0.29, 0.717) is 6.04 Å². The second kappa shape index (κ2) is 5.62. The molecule has 0 amide bonds. The van der Waals surface area contributed by atoms with Crippen LogP contribution in [-0.2, 0) is 0 Å². The maximum atomic E-state index is 4.61. The van der Waals surface area contributed by atoms with Gasteiger partial charge in [-0.15, -0.1) is 11.8 Å². The second-order valence-electron chi connectivity index (χ2n) is 5.93. The van der Waals surface area contributed by atoms with Crippen molar-refractivity contribution < 1.29 is 0 Å². The van der Waals surface area contributed by atoms with Crippen LogP contribution in [0.3, 0.4) is 0 Å². The average Bonchev–Trinajstić information content (AvgIpc) is 2.76. The van der Waals surface area contributed by atoms with Gasteiger partial charge in [-0.2, -0.15) is 0 Å². The van der Waals surface area contributed by atoms with E-state index in [1.165, 1.54) is 24.9 Å². The predicted octanol–water partition coefficient (Wildman–Crippen LogP) is 4.13. The van der Waals surface area contributed by atoms with E-state index in [1.54, 1.807) is 0 Å². The van der Waals surface area contributed by atoms with Crippen LogP contribution in [0.1, 0.15) is 52.1 Å². The Morgan fingerprint density at radius 1 is 1.39 bits per heavy atom. The van der Waals surface area contributed by atoms with Crippen molar-refractivity contribution in [2.75, 3.05) is 13.1 Å². The fraction of sp³-hybridized carbons (Fsp3) is 0.667. The quantitative estimate of drug-likeness (QED) is 0.764. The van der Waals surface area contributed by atoms with Crippen LogP contribution in [0.15, 0.2) is 23.4 Å². The highest BCUT2D eigenvalue weighted by Crippen LogP contribution is 2.34. The standard InChI is InChI=1S/C15H24N2S/c1-5-17-10-6-7-13(17)12-8-9-14(16-11-12)18-15(2,3)4/h8-9,11,13H,5-7,10H2,1-4H3. The first kappa shape index (κ1) is 13.9. The number of nitrogens with zero attached hydrogens (tertiary/aromatic N) is 2. The Kier molecular flexibility index (Phi) is 4.33. The van der Waals surface area contributed by atoms with Crippen molar-refractivity contribution in [1.29, 1.82) is 0 Å². The predicted molar refractivity (Wildman–Crippen MR) is 79.1 cm³/mol. The van der Waals surface area contributed by atoms with Gasteiger partial charge in [0.1, 0.15) is 0 Å². The van der Waals surface area contributed by atoms with Crippen LogP contribution in [-0.4, -0.2) is 27.7 Å². The summed E-state index contributed by atoms with van der Waals surface area (Å²) in [5, 5.41) is 1.13. The molecule has 0 radical (unpaired) electrons. The third kappa shape index (κ3) is 3.48. The first-order valence-corrected chi connectivity index (χ1v) is 7.70. The highest BCUT2D eigenvalue weighted by atomic mass is 32.2. The van der Waals surface area contributed by atoms with E-state index < -0.39 is 0 Å². The number of pyridine rings is 1. The minimum absolute atomic E-state index is 0.233. The summed E-state index contributed by atoms with van der Waals surface area (Å²) in [5.41, 5.74) is 1.38. The van der Waals surface area contributed by atoms with Gasteiger partial charge < -0.3 is 0 Å². The fourth-order valence-electron chi connectivity index (χ4n) is 2.55. The summed E-state index contributed by atoms with van der Waals surface area (Å²) in [5.74, 6) is 0. The largest absolute Gasteiger partial charge is 0.297 e. The van der Waals surface area contributed by atoms with Crippen LogP contribution in [0.25, 0.3) is 0 Å². The van der Waals surface area contributed by atoms with Crippen LogP contribution >= 0.6 is 11.8 Å². The normalized spacial score (nSPS) is 21.4. The van der Waals surface area contributed by atoms with E-state index in [1.807, 2.05) is 11.8 Å². The molecule has 1 atom stereocenters. The molecular weight excluding hydrogens is 240 g/mol. The highest BCUT2D eigenvalue weighted by Gasteiger charge is 2.24. The van der Waals surface area contributed by atoms with E-state index in [0.717, 1.165) is 11.6 Å². The topological polar surface area (TPSA) is 16.1 Å². The summed E-state index contributed by atoms with van der Waals surface area (Å²) >= 11 is 1.83. The zero-order valence-electron chi connectivity index (χ0n) is 11.9. The van der Waals surface area contributed by atoms with Crippen molar-refractivity contribution in [3.8, 4) is 0 Å². The molecule has 18 heavy (non-hydrogen) atoms. The lowest BCUT2D eigenvalue weighted by Crippen LogP contribution is -2.22. The SMILES string of the molecule is CCN1CCCC1c1ccc(SC(C)(C)C)nc1. The lowest BCUT2D eigenvalue weighted by atomic mass is 10.1. The molecule has 2 rings (SSSR count). The Labute approximate surface area is 115 Å². The molecule has 100 valence electrons. The lowest BCUT2D eigenvalue weighted by Gasteiger charge is -2.23. The summed E-state index contributed by atoms with van der Waals surface area (Å²) in [6.45, 7) is 11.3. The minimum Gasteiger partial charge on any atom is -0.297 e. The van der Waals surface area contributed by atoms with E-state index in [-0.39, 0.29) is 4.75 Å². The van der Waals surface area contributed by atoms with Gasteiger partial charge >= 0.3 is 0 Å². The Morgan fingerprint density at radius 3 is 2.72 bits per heavy atom. The summed E-state index contributed by atoms with van der Waals surface area (Å²) in [7, 11) is 0. The molecule has 2 nitrogen and oxygen atoms in total. The Hall–Kier alpha value is -0.540. The molecule has 1 aliphatic heterocycles. The fourth-order valence-corrected chi connectivity index (χ4v) is 3.41. The second-order valence-corrected chi connectivity index (χ2v) is 7.78. The van der Waals surface area contributed by atoms with Gasteiger partial charge in [0, 0.05) is 17.0 Å². The molecule has 0 spiro atoms. The summed E-state index contributed by atoms with van der Waals surface area (Å²) < 4.78 is 0.233. The summed E-state index contributed by atoms with van der Waals surface area (Å²) in [6.07, 6.45) is 4.67. The summed E-state index contributed by atoms with van der Waals surface area (Å²) in [4.78, 5) is 7.16. The smallest absolute Gasteiger partial charge is 0.0965 e. The molecule has 3 heteroatoms. The first-order chi connectivity index (χ1) is 8.49. The Balaban J connectivity index is 2.08. The number of hydrogen-bond donors (Lipinski definition) is 0. The average molecular weight is 264 g/mol. The van der Waals surface area contributed by atoms with Gasteiger partial charge in [-0.1, -0.05) is 33.8 Å². The third-order valence-electron chi connectivity index (χ3n) is 3.32. The van der Waals surface area contributed by atoms with Crippen LogP contribution in [0.5, 0.6) is 0 Å². The molecular formula is C15H24N2S. The van der Waals surface area contributed by atoms with E-state index in [2.05, 4.69) is 55.9 Å². The molecule has 1 aliphatic rings. The van der Waals surface area contributed by atoms with Gasteiger partial charge in [-0.3, -0.25) is 4.90 Å². The Morgan fingerprint density at radius 2 is 2.17 bits per heavy atom. The van der Waals surface area contributed by atoms with Crippen molar-refractivity contribution in [2.45, 2.75) is 56.4 Å². The number of rotatable bonds is 3. The number of aromatic nitrogens is 1. The molecule has 1 aromatic heterocycles. The highest BCUT2D eigenvalue weighted by molar-refractivity contribution is 8.00. The maximum Gasteiger partial charge on any atom is 0.0965 e.